The summed E-state index contributed by atoms with van der Waals surface area (Å²) >= 11 is 0. The van der Waals surface area contributed by atoms with E-state index in [2.05, 4.69) is 86.6 Å². The monoisotopic (exact) mass is 309 g/mol. The molecule has 3 rings (SSSR count). The zero-order chi connectivity index (χ0) is 16.3. The highest BCUT2D eigenvalue weighted by Gasteiger charge is 2.49. The van der Waals surface area contributed by atoms with Crippen LogP contribution in [0.4, 0.5) is 0 Å². The van der Waals surface area contributed by atoms with E-state index in [1.165, 1.54) is 11.1 Å². The average molecular weight is 309 g/mol. The van der Waals surface area contributed by atoms with Crippen LogP contribution in [-0.4, -0.2) is 32.1 Å². The van der Waals surface area contributed by atoms with E-state index in [1.807, 2.05) is 0 Å². The summed E-state index contributed by atoms with van der Waals surface area (Å²) in [4.78, 5) is 2.28. The molecular weight excluding hydrogens is 282 g/mol. The summed E-state index contributed by atoms with van der Waals surface area (Å²) < 4.78 is 6.51. The summed E-state index contributed by atoms with van der Waals surface area (Å²) in [5, 5.41) is 0. The first-order valence-electron chi connectivity index (χ1n) is 8.54. The van der Waals surface area contributed by atoms with E-state index in [-0.39, 0.29) is 5.60 Å². The molecule has 0 saturated carbocycles. The van der Waals surface area contributed by atoms with Crippen LogP contribution in [0.3, 0.4) is 0 Å². The Hall–Kier alpha value is -1.64. The molecule has 0 N–H and O–H groups in total. The van der Waals surface area contributed by atoms with E-state index in [0.717, 1.165) is 19.6 Å². The molecule has 0 aliphatic carbocycles. The molecule has 2 aromatic rings. The lowest BCUT2D eigenvalue weighted by Gasteiger charge is -2.39. The van der Waals surface area contributed by atoms with Crippen LogP contribution in [-0.2, 0) is 10.3 Å². The Morgan fingerprint density at radius 2 is 1.52 bits per heavy atom. The highest BCUT2D eigenvalue weighted by Crippen LogP contribution is 2.49. The van der Waals surface area contributed by atoms with Gasteiger partial charge in [0.1, 0.15) is 5.60 Å². The van der Waals surface area contributed by atoms with Gasteiger partial charge in [-0.15, -0.1) is 0 Å². The van der Waals surface area contributed by atoms with E-state index in [0.29, 0.717) is 11.8 Å². The van der Waals surface area contributed by atoms with Gasteiger partial charge in [-0.05, 0) is 37.6 Å². The van der Waals surface area contributed by atoms with E-state index in [4.69, 9.17) is 4.74 Å². The zero-order valence-corrected chi connectivity index (χ0v) is 14.4. The van der Waals surface area contributed by atoms with Crippen LogP contribution >= 0.6 is 0 Å². The minimum absolute atomic E-state index is 0.321. The van der Waals surface area contributed by atoms with Crippen LogP contribution in [0.5, 0.6) is 0 Å². The maximum atomic E-state index is 6.51. The van der Waals surface area contributed by atoms with Crippen LogP contribution in [0.1, 0.15) is 24.5 Å². The first kappa shape index (κ1) is 16.2. The summed E-state index contributed by atoms with van der Waals surface area (Å²) in [6.07, 6.45) is 1.11. The smallest absolute Gasteiger partial charge is 0.121 e. The van der Waals surface area contributed by atoms with E-state index in [9.17, 15) is 0 Å². The Balaban J connectivity index is 2.09. The molecule has 0 aromatic heterocycles. The van der Waals surface area contributed by atoms with Gasteiger partial charge < -0.3 is 9.64 Å². The Morgan fingerprint density at radius 3 is 2.00 bits per heavy atom. The molecule has 23 heavy (non-hydrogen) atoms. The molecule has 1 aliphatic heterocycles. The number of benzene rings is 2. The highest BCUT2D eigenvalue weighted by molar-refractivity contribution is 5.38. The van der Waals surface area contributed by atoms with E-state index >= 15 is 0 Å². The Bertz CT molecular complexity index is 569. The number of rotatable bonds is 5. The number of nitrogens with zero attached hydrogens (tertiary/aromatic N) is 1. The predicted molar refractivity (Wildman–Crippen MR) is 95.4 cm³/mol. The van der Waals surface area contributed by atoms with Crippen molar-refractivity contribution in [3.8, 4) is 0 Å². The van der Waals surface area contributed by atoms with E-state index in [1.54, 1.807) is 0 Å². The fourth-order valence-corrected chi connectivity index (χ4v) is 4.18. The fraction of sp³-hybridized carbons (Fsp3) is 0.429. The maximum absolute atomic E-state index is 6.51. The Kier molecular flexibility index (Phi) is 4.84. The van der Waals surface area contributed by atoms with Gasteiger partial charge >= 0.3 is 0 Å². The van der Waals surface area contributed by atoms with Gasteiger partial charge in [-0.1, -0.05) is 67.6 Å². The average Bonchev–Trinajstić information content (AvgIpc) is 3.02. The van der Waals surface area contributed by atoms with Crippen LogP contribution < -0.4 is 0 Å². The summed E-state index contributed by atoms with van der Waals surface area (Å²) in [6.45, 7) is 4.27. The number of hydrogen-bond donors (Lipinski definition) is 0. The van der Waals surface area contributed by atoms with Crippen molar-refractivity contribution in [1.29, 1.82) is 0 Å². The van der Waals surface area contributed by atoms with Crippen molar-refractivity contribution in [3.63, 3.8) is 0 Å². The lowest BCUT2D eigenvalue weighted by molar-refractivity contribution is -0.00614. The molecule has 122 valence electrons. The SMILES string of the molecule is C[C@H](CN(C)C)C1CCOC1(c1ccccc1)c1ccccc1. The summed E-state index contributed by atoms with van der Waals surface area (Å²) in [7, 11) is 4.30. The van der Waals surface area contributed by atoms with Crippen molar-refractivity contribution < 1.29 is 4.74 Å². The topological polar surface area (TPSA) is 12.5 Å². The standard InChI is InChI=1S/C21H27NO/c1-17(16-22(2)3)20-14-15-23-21(20,18-10-6-4-7-11-18)19-12-8-5-9-13-19/h4-13,17,20H,14-16H2,1-3H3/t17-,20?/m1/s1. The second-order valence-corrected chi connectivity index (χ2v) is 6.95. The van der Waals surface area contributed by atoms with Crippen molar-refractivity contribution in [2.45, 2.75) is 18.9 Å². The Labute approximate surface area is 140 Å². The quantitative estimate of drug-likeness (QED) is 0.822. The van der Waals surface area contributed by atoms with Crippen molar-refractivity contribution in [2.75, 3.05) is 27.2 Å². The summed E-state index contributed by atoms with van der Waals surface area (Å²) in [5.74, 6) is 1.04. The molecule has 0 spiro atoms. The van der Waals surface area contributed by atoms with Gasteiger partial charge in [-0.25, -0.2) is 0 Å². The molecule has 1 saturated heterocycles. The largest absolute Gasteiger partial charge is 0.365 e. The molecule has 2 atom stereocenters. The molecule has 1 heterocycles. The third-order valence-corrected chi connectivity index (χ3v) is 5.03. The Morgan fingerprint density at radius 1 is 1.00 bits per heavy atom. The van der Waals surface area contributed by atoms with Crippen molar-refractivity contribution >= 4 is 0 Å². The third kappa shape index (κ3) is 3.06. The summed E-state index contributed by atoms with van der Waals surface area (Å²) in [6, 6.07) is 21.5. The molecule has 1 aliphatic rings. The lowest BCUT2D eigenvalue weighted by Crippen LogP contribution is -2.40. The van der Waals surface area contributed by atoms with Gasteiger partial charge in [0.25, 0.3) is 0 Å². The molecule has 0 amide bonds. The third-order valence-electron chi connectivity index (χ3n) is 5.03. The second-order valence-electron chi connectivity index (χ2n) is 6.95. The molecule has 1 unspecified atom stereocenters. The minimum Gasteiger partial charge on any atom is -0.365 e. The second kappa shape index (κ2) is 6.86. The molecule has 1 fully saturated rings. The first-order valence-corrected chi connectivity index (χ1v) is 8.54. The van der Waals surface area contributed by atoms with Crippen molar-refractivity contribution in [1.82, 2.24) is 4.90 Å². The predicted octanol–water partition coefficient (Wildman–Crippen LogP) is 4.16. The maximum Gasteiger partial charge on any atom is 0.121 e. The van der Waals surface area contributed by atoms with Crippen LogP contribution in [0.2, 0.25) is 0 Å². The van der Waals surface area contributed by atoms with Crippen LogP contribution in [0, 0.1) is 11.8 Å². The molecule has 0 bridgehead atoms. The molecule has 0 radical (unpaired) electrons. The molecular formula is C21H27NO. The van der Waals surface area contributed by atoms with Gasteiger partial charge in [-0.2, -0.15) is 0 Å². The van der Waals surface area contributed by atoms with Crippen LogP contribution in [0.15, 0.2) is 60.7 Å². The minimum atomic E-state index is -0.321. The first-order chi connectivity index (χ1) is 11.1. The molecule has 2 nitrogen and oxygen atoms in total. The van der Waals surface area contributed by atoms with Gasteiger partial charge in [0.2, 0.25) is 0 Å². The van der Waals surface area contributed by atoms with Gasteiger partial charge in [0.05, 0.1) is 0 Å². The number of hydrogen-bond acceptors (Lipinski definition) is 2. The molecule has 2 aromatic carbocycles. The molecule has 2 heteroatoms. The fourth-order valence-electron chi connectivity index (χ4n) is 4.18. The van der Waals surface area contributed by atoms with Gasteiger partial charge in [0.15, 0.2) is 0 Å². The highest BCUT2D eigenvalue weighted by atomic mass is 16.5. The summed E-state index contributed by atoms with van der Waals surface area (Å²) in [5.41, 5.74) is 2.23. The van der Waals surface area contributed by atoms with Crippen molar-refractivity contribution in [2.24, 2.45) is 11.8 Å². The zero-order valence-electron chi connectivity index (χ0n) is 14.4. The number of ether oxygens (including phenoxy) is 1. The van der Waals surface area contributed by atoms with Crippen molar-refractivity contribution in [3.05, 3.63) is 71.8 Å². The van der Waals surface area contributed by atoms with E-state index < -0.39 is 0 Å². The lowest BCUT2D eigenvalue weighted by atomic mass is 9.71. The van der Waals surface area contributed by atoms with Crippen LogP contribution in [0.25, 0.3) is 0 Å². The van der Waals surface area contributed by atoms with Gasteiger partial charge in [-0.3, -0.25) is 0 Å². The van der Waals surface area contributed by atoms with Gasteiger partial charge in [0, 0.05) is 19.1 Å². The normalized spacial score (nSPS) is 21.5.